The van der Waals surface area contributed by atoms with Crippen molar-refractivity contribution in [3.8, 4) is 11.5 Å². The molecule has 0 bridgehead atoms. The second-order valence-corrected chi connectivity index (χ2v) is 3.91. The number of nitrogens with one attached hydrogen (secondary N) is 1. The Balaban J connectivity index is 2.17. The highest BCUT2D eigenvalue weighted by Gasteiger charge is 2.17. The van der Waals surface area contributed by atoms with Crippen molar-refractivity contribution in [1.82, 2.24) is 15.0 Å². The molecule has 0 fully saturated rings. The molecule has 80 valence electrons. The zero-order valence-corrected chi connectivity index (χ0v) is 8.73. The van der Waals surface area contributed by atoms with Crippen LogP contribution in [0.2, 0.25) is 0 Å². The molecule has 0 unspecified atom stereocenters. The van der Waals surface area contributed by atoms with E-state index in [1.54, 1.807) is 6.20 Å². The SMILES string of the molecule is O=c1[nH]c(-c2ccccn2)nc2c1CCC2. The van der Waals surface area contributed by atoms with Crippen molar-refractivity contribution in [2.45, 2.75) is 19.3 Å². The predicted molar refractivity (Wildman–Crippen MR) is 60.1 cm³/mol. The third kappa shape index (κ3) is 1.43. The molecule has 0 spiro atoms. The smallest absolute Gasteiger partial charge is 0.254 e. The summed E-state index contributed by atoms with van der Waals surface area (Å²) in [6.07, 6.45) is 4.47. The van der Waals surface area contributed by atoms with E-state index < -0.39 is 0 Å². The molecule has 0 aliphatic heterocycles. The first kappa shape index (κ1) is 9.27. The van der Waals surface area contributed by atoms with Crippen LogP contribution in [0.3, 0.4) is 0 Å². The Morgan fingerprint density at radius 3 is 3.00 bits per heavy atom. The van der Waals surface area contributed by atoms with Gasteiger partial charge in [0.05, 0.1) is 5.69 Å². The van der Waals surface area contributed by atoms with Crippen LogP contribution in [0.1, 0.15) is 17.7 Å². The average Bonchev–Trinajstić information content (AvgIpc) is 2.79. The molecule has 0 amide bonds. The van der Waals surface area contributed by atoms with E-state index in [1.165, 1.54) is 0 Å². The van der Waals surface area contributed by atoms with E-state index in [-0.39, 0.29) is 5.56 Å². The van der Waals surface area contributed by atoms with Crippen molar-refractivity contribution in [2.24, 2.45) is 0 Å². The number of fused-ring (bicyclic) bond motifs is 1. The second kappa shape index (κ2) is 3.56. The highest BCUT2D eigenvalue weighted by Crippen LogP contribution is 2.18. The summed E-state index contributed by atoms with van der Waals surface area (Å²) < 4.78 is 0. The molecule has 1 N–H and O–H groups in total. The van der Waals surface area contributed by atoms with Gasteiger partial charge < -0.3 is 4.98 Å². The Morgan fingerprint density at radius 1 is 1.25 bits per heavy atom. The van der Waals surface area contributed by atoms with E-state index in [0.29, 0.717) is 11.5 Å². The monoisotopic (exact) mass is 213 g/mol. The van der Waals surface area contributed by atoms with Crippen molar-refractivity contribution < 1.29 is 0 Å². The van der Waals surface area contributed by atoms with Gasteiger partial charge in [0.25, 0.3) is 5.56 Å². The zero-order chi connectivity index (χ0) is 11.0. The van der Waals surface area contributed by atoms with E-state index in [9.17, 15) is 4.79 Å². The summed E-state index contributed by atoms with van der Waals surface area (Å²) in [7, 11) is 0. The van der Waals surface area contributed by atoms with Gasteiger partial charge in [-0.05, 0) is 31.4 Å². The minimum Gasteiger partial charge on any atom is -0.305 e. The largest absolute Gasteiger partial charge is 0.305 e. The highest BCUT2D eigenvalue weighted by molar-refractivity contribution is 5.49. The third-order valence-electron chi connectivity index (χ3n) is 2.85. The van der Waals surface area contributed by atoms with E-state index in [0.717, 1.165) is 30.5 Å². The van der Waals surface area contributed by atoms with Gasteiger partial charge in [-0.25, -0.2) is 4.98 Å². The van der Waals surface area contributed by atoms with Gasteiger partial charge in [0.15, 0.2) is 5.82 Å². The molecule has 0 saturated carbocycles. The Morgan fingerprint density at radius 2 is 2.19 bits per heavy atom. The maximum Gasteiger partial charge on any atom is 0.254 e. The molecule has 2 heterocycles. The third-order valence-corrected chi connectivity index (χ3v) is 2.85. The molecule has 1 aliphatic carbocycles. The van der Waals surface area contributed by atoms with E-state index >= 15 is 0 Å². The molecule has 3 rings (SSSR count). The number of H-pyrrole nitrogens is 1. The Bertz CT molecular complexity index is 575. The van der Waals surface area contributed by atoms with Gasteiger partial charge in [-0.2, -0.15) is 0 Å². The summed E-state index contributed by atoms with van der Waals surface area (Å²) in [4.78, 5) is 23.2. The van der Waals surface area contributed by atoms with Gasteiger partial charge in [-0.15, -0.1) is 0 Å². The summed E-state index contributed by atoms with van der Waals surface area (Å²) in [5.41, 5.74) is 2.49. The fourth-order valence-corrected chi connectivity index (χ4v) is 2.07. The lowest BCUT2D eigenvalue weighted by molar-refractivity contribution is 0.899. The number of pyridine rings is 1. The molecular weight excluding hydrogens is 202 g/mol. The highest BCUT2D eigenvalue weighted by atomic mass is 16.1. The second-order valence-electron chi connectivity index (χ2n) is 3.91. The minimum atomic E-state index is -0.0110. The molecular formula is C12H11N3O. The van der Waals surface area contributed by atoms with Crippen LogP contribution in [0, 0.1) is 0 Å². The molecule has 0 radical (unpaired) electrons. The van der Waals surface area contributed by atoms with Gasteiger partial charge in [-0.1, -0.05) is 6.07 Å². The van der Waals surface area contributed by atoms with Crippen molar-refractivity contribution in [3.63, 3.8) is 0 Å². The molecule has 0 saturated heterocycles. The Hall–Kier alpha value is -1.97. The van der Waals surface area contributed by atoms with Crippen LogP contribution in [0.4, 0.5) is 0 Å². The van der Waals surface area contributed by atoms with Crippen LogP contribution < -0.4 is 5.56 Å². The quantitative estimate of drug-likeness (QED) is 0.777. The standard InChI is InChI=1S/C12H11N3O/c16-12-8-4-3-6-9(8)14-11(15-12)10-5-1-2-7-13-10/h1-2,5,7H,3-4,6H2,(H,14,15,16). The summed E-state index contributed by atoms with van der Waals surface area (Å²) >= 11 is 0. The Labute approximate surface area is 92.4 Å². The lowest BCUT2D eigenvalue weighted by atomic mass is 10.2. The summed E-state index contributed by atoms with van der Waals surface area (Å²) in [6.45, 7) is 0. The summed E-state index contributed by atoms with van der Waals surface area (Å²) in [5.74, 6) is 0.575. The van der Waals surface area contributed by atoms with Crippen molar-refractivity contribution in [1.29, 1.82) is 0 Å². The van der Waals surface area contributed by atoms with E-state index in [2.05, 4.69) is 15.0 Å². The Kier molecular flexibility index (Phi) is 2.06. The summed E-state index contributed by atoms with van der Waals surface area (Å²) in [5, 5.41) is 0. The van der Waals surface area contributed by atoms with Crippen molar-refractivity contribution >= 4 is 0 Å². The molecule has 4 nitrogen and oxygen atoms in total. The average molecular weight is 213 g/mol. The lowest BCUT2D eigenvalue weighted by Gasteiger charge is -2.02. The number of hydrogen-bond acceptors (Lipinski definition) is 3. The number of aryl methyl sites for hydroxylation is 1. The van der Waals surface area contributed by atoms with Crippen LogP contribution in [0.5, 0.6) is 0 Å². The molecule has 4 heteroatoms. The topological polar surface area (TPSA) is 58.6 Å². The van der Waals surface area contributed by atoms with Crippen LogP contribution in [0.15, 0.2) is 29.2 Å². The number of aromatic amines is 1. The number of nitrogens with zero attached hydrogens (tertiary/aromatic N) is 2. The molecule has 2 aromatic rings. The number of hydrogen-bond donors (Lipinski definition) is 1. The van der Waals surface area contributed by atoms with Gasteiger partial charge in [-0.3, -0.25) is 9.78 Å². The first-order valence-corrected chi connectivity index (χ1v) is 5.38. The first-order chi connectivity index (χ1) is 7.84. The maximum atomic E-state index is 11.8. The predicted octanol–water partition coefficient (Wildman–Crippen LogP) is 1.32. The normalized spacial score (nSPS) is 13.8. The van der Waals surface area contributed by atoms with Crippen LogP contribution in [0.25, 0.3) is 11.5 Å². The lowest BCUT2D eigenvalue weighted by Crippen LogP contribution is -2.15. The minimum absolute atomic E-state index is 0.0110. The maximum absolute atomic E-state index is 11.8. The van der Waals surface area contributed by atoms with Gasteiger partial charge >= 0.3 is 0 Å². The molecule has 16 heavy (non-hydrogen) atoms. The van der Waals surface area contributed by atoms with E-state index in [1.807, 2.05) is 18.2 Å². The van der Waals surface area contributed by atoms with Gasteiger partial charge in [0.2, 0.25) is 0 Å². The number of aromatic nitrogens is 3. The van der Waals surface area contributed by atoms with E-state index in [4.69, 9.17) is 0 Å². The summed E-state index contributed by atoms with van der Waals surface area (Å²) in [6, 6.07) is 5.57. The van der Waals surface area contributed by atoms with Crippen LogP contribution >= 0.6 is 0 Å². The van der Waals surface area contributed by atoms with Crippen LogP contribution in [-0.2, 0) is 12.8 Å². The molecule has 1 aliphatic rings. The zero-order valence-electron chi connectivity index (χ0n) is 8.73. The molecule has 2 aromatic heterocycles. The van der Waals surface area contributed by atoms with Crippen molar-refractivity contribution in [3.05, 3.63) is 46.0 Å². The fraction of sp³-hybridized carbons (Fsp3) is 0.250. The van der Waals surface area contributed by atoms with Crippen molar-refractivity contribution in [2.75, 3.05) is 0 Å². The fourth-order valence-electron chi connectivity index (χ4n) is 2.07. The number of rotatable bonds is 1. The molecule has 0 aromatic carbocycles. The van der Waals surface area contributed by atoms with Gasteiger partial charge in [0.1, 0.15) is 5.69 Å². The van der Waals surface area contributed by atoms with Crippen LogP contribution in [-0.4, -0.2) is 15.0 Å². The van der Waals surface area contributed by atoms with Gasteiger partial charge in [0, 0.05) is 11.8 Å². The molecule has 0 atom stereocenters. The first-order valence-electron chi connectivity index (χ1n) is 5.38.